The Morgan fingerprint density at radius 2 is 1.76 bits per heavy atom. The summed E-state index contributed by atoms with van der Waals surface area (Å²) in [5.74, 6) is -0.419. The highest BCUT2D eigenvalue weighted by Gasteiger charge is 2.36. The number of unbranched alkanes of at least 4 members (excludes halogenated alkanes) is 3. The van der Waals surface area contributed by atoms with E-state index >= 15 is 0 Å². The Hall–Kier alpha value is -1.12. The summed E-state index contributed by atoms with van der Waals surface area (Å²) >= 11 is 14.6. The van der Waals surface area contributed by atoms with Gasteiger partial charge >= 0.3 is 6.18 Å². The predicted octanol–water partition coefficient (Wildman–Crippen LogP) is 7.56. The maximum Gasteiger partial charge on any atom is 0.420 e. The zero-order chi connectivity index (χ0) is 21.9. The van der Waals surface area contributed by atoms with Crippen LogP contribution in [0.3, 0.4) is 0 Å². The molecule has 0 saturated carbocycles. The lowest BCUT2D eigenvalue weighted by Crippen LogP contribution is -2.11. The van der Waals surface area contributed by atoms with E-state index in [0.29, 0.717) is 17.0 Å². The zero-order valence-electron chi connectivity index (χ0n) is 16.1. The SMILES string of the molecule is CC(C)=NOCCCCCCOc1c(Cl)cc(OC/C=C(\Cl)Br)cc1C(F)(F)F. The number of benzene rings is 1. The lowest BCUT2D eigenvalue weighted by Gasteiger charge is -2.17. The highest BCUT2D eigenvalue weighted by molar-refractivity contribution is 9.12. The van der Waals surface area contributed by atoms with Crippen LogP contribution >= 0.6 is 39.1 Å². The molecule has 0 unspecified atom stereocenters. The van der Waals surface area contributed by atoms with Crippen molar-refractivity contribution in [2.24, 2.45) is 5.16 Å². The summed E-state index contributed by atoms with van der Waals surface area (Å²) in [5.41, 5.74) is -0.134. The van der Waals surface area contributed by atoms with Gasteiger partial charge in [0.2, 0.25) is 0 Å². The molecule has 29 heavy (non-hydrogen) atoms. The Balaban J connectivity index is 2.59. The van der Waals surface area contributed by atoms with E-state index in [2.05, 4.69) is 21.1 Å². The van der Waals surface area contributed by atoms with Crippen LogP contribution in [0.15, 0.2) is 27.3 Å². The van der Waals surface area contributed by atoms with Crippen molar-refractivity contribution in [2.75, 3.05) is 19.8 Å². The van der Waals surface area contributed by atoms with E-state index in [-0.39, 0.29) is 24.0 Å². The van der Waals surface area contributed by atoms with Crippen LogP contribution in [-0.2, 0) is 11.0 Å². The Kier molecular flexibility index (Phi) is 11.8. The van der Waals surface area contributed by atoms with Gasteiger partial charge in [-0.1, -0.05) is 28.4 Å². The van der Waals surface area contributed by atoms with E-state index < -0.39 is 17.5 Å². The molecule has 0 bridgehead atoms. The maximum atomic E-state index is 13.4. The quantitative estimate of drug-likeness (QED) is 0.162. The summed E-state index contributed by atoms with van der Waals surface area (Å²) in [6, 6.07) is 2.15. The fourth-order valence-corrected chi connectivity index (χ4v) is 2.64. The predicted molar refractivity (Wildman–Crippen MR) is 114 cm³/mol. The molecular weight excluding hydrogens is 498 g/mol. The molecule has 0 aliphatic heterocycles. The van der Waals surface area contributed by atoms with Crippen LogP contribution in [0.4, 0.5) is 13.2 Å². The molecule has 0 spiro atoms. The van der Waals surface area contributed by atoms with Crippen molar-refractivity contribution >= 4 is 44.8 Å². The maximum absolute atomic E-state index is 13.4. The first-order valence-corrected chi connectivity index (χ1v) is 10.5. The number of hydrogen-bond donors (Lipinski definition) is 0. The number of nitrogens with zero attached hydrogens (tertiary/aromatic N) is 1. The van der Waals surface area contributed by atoms with Gasteiger partial charge in [-0.3, -0.25) is 0 Å². The van der Waals surface area contributed by atoms with Crippen LogP contribution in [0.5, 0.6) is 11.5 Å². The van der Waals surface area contributed by atoms with Gasteiger partial charge in [-0.15, -0.1) is 0 Å². The lowest BCUT2D eigenvalue weighted by atomic mass is 10.1. The van der Waals surface area contributed by atoms with Crippen molar-refractivity contribution < 1.29 is 27.5 Å². The minimum absolute atomic E-state index is 0.00916. The van der Waals surface area contributed by atoms with Crippen molar-refractivity contribution in [3.8, 4) is 11.5 Å². The fourth-order valence-electron chi connectivity index (χ4n) is 2.18. The summed E-state index contributed by atoms with van der Waals surface area (Å²) < 4.78 is 51.1. The molecule has 0 radical (unpaired) electrons. The van der Waals surface area contributed by atoms with E-state index in [1.54, 1.807) is 0 Å². The van der Waals surface area contributed by atoms with Crippen molar-refractivity contribution in [3.05, 3.63) is 32.7 Å². The average Bonchev–Trinajstić information content (AvgIpc) is 2.60. The molecule has 0 aromatic heterocycles. The van der Waals surface area contributed by atoms with Crippen molar-refractivity contribution in [3.63, 3.8) is 0 Å². The van der Waals surface area contributed by atoms with Gasteiger partial charge in [0.05, 0.1) is 21.3 Å². The van der Waals surface area contributed by atoms with Crippen LogP contribution in [0, 0.1) is 0 Å². The van der Waals surface area contributed by atoms with Gasteiger partial charge in [-0.05, 0) is 67.6 Å². The molecule has 0 aliphatic carbocycles. The molecule has 0 aliphatic rings. The minimum Gasteiger partial charge on any atom is -0.491 e. The Bertz CT molecular complexity index is 705. The smallest absolute Gasteiger partial charge is 0.420 e. The van der Waals surface area contributed by atoms with Crippen molar-refractivity contribution in [1.29, 1.82) is 0 Å². The van der Waals surface area contributed by atoms with Crippen LogP contribution in [0.1, 0.15) is 45.1 Å². The van der Waals surface area contributed by atoms with Crippen LogP contribution < -0.4 is 9.47 Å². The third-order valence-corrected chi connectivity index (χ3v) is 4.19. The van der Waals surface area contributed by atoms with Crippen LogP contribution in [0.2, 0.25) is 5.02 Å². The van der Waals surface area contributed by atoms with Crippen molar-refractivity contribution in [2.45, 2.75) is 45.7 Å². The lowest BCUT2D eigenvalue weighted by molar-refractivity contribution is -0.139. The van der Waals surface area contributed by atoms with Gasteiger partial charge in [-0.25, -0.2) is 0 Å². The second kappa shape index (κ2) is 13.2. The summed E-state index contributed by atoms with van der Waals surface area (Å²) in [4.78, 5) is 5.08. The minimum atomic E-state index is -4.63. The van der Waals surface area contributed by atoms with Crippen molar-refractivity contribution in [1.82, 2.24) is 0 Å². The number of hydrogen-bond acceptors (Lipinski definition) is 4. The summed E-state index contributed by atoms with van der Waals surface area (Å²) in [5, 5.41) is 3.66. The topological polar surface area (TPSA) is 40.0 Å². The Morgan fingerprint density at radius 3 is 2.34 bits per heavy atom. The molecule has 0 atom stereocenters. The third-order valence-electron chi connectivity index (χ3n) is 3.43. The first-order chi connectivity index (χ1) is 13.6. The Labute approximate surface area is 187 Å². The summed E-state index contributed by atoms with van der Waals surface area (Å²) in [6.07, 6.45) is -0.124. The highest BCUT2D eigenvalue weighted by Crippen LogP contribution is 2.43. The molecule has 164 valence electrons. The molecule has 10 heteroatoms. The number of alkyl halides is 3. The summed E-state index contributed by atoms with van der Waals surface area (Å²) in [6.45, 7) is 4.30. The molecule has 1 aromatic rings. The third kappa shape index (κ3) is 11.0. The van der Waals surface area contributed by atoms with Gasteiger partial charge in [0.25, 0.3) is 0 Å². The molecule has 0 amide bonds. The van der Waals surface area contributed by atoms with E-state index in [9.17, 15) is 13.2 Å². The molecule has 0 fully saturated rings. The van der Waals surface area contributed by atoms with E-state index in [4.69, 9.17) is 37.5 Å². The monoisotopic (exact) mass is 519 g/mol. The molecular formula is C19H23BrCl2F3NO3. The van der Waals surface area contributed by atoms with Gasteiger partial charge in [0.1, 0.15) is 30.3 Å². The van der Waals surface area contributed by atoms with Gasteiger partial charge < -0.3 is 14.3 Å². The molecule has 0 N–H and O–H groups in total. The Morgan fingerprint density at radius 1 is 1.10 bits per heavy atom. The largest absolute Gasteiger partial charge is 0.491 e. The first kappa shape index (κ1) is 25.9. The molecule has 0 heterocycles. The number of halogens is 6. The normalized spacial score (nSPS) is 11.9. The van der Waals surface area contributed by atoms with Crippen LogP contribution in [-0.4, -0.2) is 25.5 Å². The number of rotatable bonds is 12. The zero-order valence-corrected chi connectivity index (χ0v) is 19.2. The van der Waals surface area contributed by atoms with E-state index in [1.165, 1.54) is 12.1 Å². The number of ether oxygens (including phenoxy) is 2. The molecule has 4 nitrogen and oxygen atoms in total. The van der Waals surface area contributed by atoms with E-state index in [1.807, 2.05) is 13.8 Å². The molecule has 1 aromatic carbocycles. The summed E-state index contributed by atoms with van der Waals surface area (Å²) in [7, 11) is 0. The highest BCUT2D eigenvalue weighted by atomic mass is 79.9. The van der Waals surface area contributed by atoms with Crippen LogP contribution in [0.25, 0.3) is 0 Å². The first-order valence-electron chi connectivity index (χ1n) is 8.92. The molecule has 1 rings (SSSR count). The molecule has 0 saturated heterocycles. The van der Waals surface area contributed by atoms with E-state index in [0.717, 1.165) is 31.0 Å². The van der Waals surface area contributed by atoms with Gasteiger partial charge in [-0.2, -0.15) is 13.2 Å². The number of oxime groups is 1. The average molecular weight is 521 g/mol. The second-order valence-electron chi connectivity index (χ2n) is 6.22. The standard InChI is InChI=1S/C19H23BrCl2F3NO3/c1-13(2)26-29-9-6-4-3-5-8-28-18-15(19(23,24)25)11-14(12-16(18)21)27-10-7-17(20)22/h7,11-12H,3-6,8-10H2,1-2H3/b17-7-. The second-order valence-corrected chi connectivity index (χ2v) is 8.34. The van der Waals surface area contributed by atoms with Gasteiger partial charge in [0.15, 0.2) is 0 Å². The fraction of sp³-hybridized carbons (Fsp3) is 0.526. The van der Waals surface area contributed by atoms with Gasteiger partial charge in [0, 0.05) is 6.07 Å².